The van der Waals surface area contributed by atoms with Crippen molar-refractivity contribution in [2.75, 3.05) is 0 Å². The number of aromatic nitrogens is 5. The normalized spacial score (nSPS) is 10.8. The molecule has 0 amide bonds. The summed E-state index contributed by atoms with van der Waals surface area (Å²) in [6, 6.07) is 3.69. The van der Waals surface area contributed by atoms with Crippen molar-refractivity contribution in [1.82, 2.24) is 24.7 Å². The molecule has 7 heteroatoms. The van der Waals surface area contributed by atoms with Crippen LogP contribution in [0.25, 0.3) is 23.2 Å². The van der Waals surface area contributed by atoms with Crippen molar-refractivity contribution in [3.8, 4) is 23.2 Å². The van der Waals surface area contributed by atoms with E-state index in [0.29, 0.717) is 29.8 Å². The summed E-state index contributed by atoms with van der Waals surface area (Å²) < 4.78 is 7.01. The number of hydrogen-bond acceptors (Lipinski definition) is 6. The number of nitrogens with zero attached hydrogens (tertiary/aromatic N) is 5. The second-order valence-corrected chi connectivity index (χ2v) is 4.04. The highest BCUT2D eigenvalue weighted by Gasteiger charge is 2.14. The zero-order valence-corrected chi connectivity index (χ0v) is 10.3. The van der Waals surface area contributed by atoms with E-state index in [4.69, 9.17) is 10.3 Å². The van der Waals surface area contributed by atoms with Crippen LogP contribution in [-0.2, 0) is 13.6 Å². The lowest BCUT2D eigenvalue weighted by atomic mass is 10.2. The largest absolute Gasteiger partial charge is 0.332 e. The standard InChI is InChI=1S/C12H12N6O/c1-18-5-4-14-11(18)10-16-12(19-17-10)9-3-2-8(6-13)7-15-9/h2-5,7H,6,13H2,1H3. The van der Waals surface area contributed by atoms with Gasteiger partial charge in [-0.2, -0.15) is 4.98 Å². The molecule has 0 spiro atoms. The van der Waals surface area contributed by atoms with Gasteiger partial charge in [0, 0.05) is 32.2 Å². The summed E-state index contributed by atoms with van der Waals surface area (Å²) in [6.45, 7) is 0.454. The summed E-state index contributed by atoms with van der Waals surface area (Å²) in [6.07, 6.45) is 5.19. The van der Waals surface area contributed by atoms with Crippen LogP contribution in [0.3, 0.4) is 0 Å². The maximum atomic E-state index is 5.52. The van der Waals surface area contributed by atoms with Crippen LogP contribution in [0, 0.1) is 0 Å². The Morgan fingerprint density at radius 1 is 1.32 bits per heavy atom. The van der Waals surface area contributed by atoms with Crippen molar-refractivity contribution >= 4 is 0 Å². The fourth-order valence-electron chi connectivity index (χ4n) is 1.67. The lowest BCUT2D eigenvalue weighted by molar-refractivity contribution is 0.430. The average molecular weight is 256 g/mol. The molecule has 0 saturated heterocycles. The number of nitrogens with two attached hydrogens (primary N) is 1. The molecular weight excluding hydrogens is 244 g/mol. The summed E-state index contributed by atoms with van der Waals surface area (Å²) in [5.74, 6) is 1.45. The van der Waals surface area contributed by atoms with Gasteiger partial charge in [-0.15, -0.1) is 0 Å². The molecule has 2 N–H and O–H groups in total. The maximum Gasteiger partial charge on any atom is 0.276 e. The molecule has 96 valence electrons. The molecule has 3 aromatic rings. The minimum absolute atomic E-state index is 0.363. The number of hydrogen-bond donors (Lipinski definition) is 1. The third-order valence-electron chi connectivity index (χ3n) is 2.73. The maximum absolute atomic E-state index is 5.52. The minimum atomic E-state index is 0.363. The highest BCUT2D eigenvalue weighted by Crippen LogP contribution is 2.19. The number of pyridine rings is 1. The van der Waals surface area contributed by atoms with E-state index in [1.165, 1.54) is 0 Å². The van der Waals surface area contributed by atoms with Gasteiger partial charge in [0.05, 0.1) is 0 Å². The summed E-state index contributed by atoms with van der Waals surface area (Å²) in [5, 5.41) is 3.90. The first-order valence-electron chi connectivity index (χ1n) is 5.74. The highest BCUT2D eigenvalue weighted by atomic mass is 16.5. The molecule has 0 aliphatic carbocycles. The topological polar surface area (TPSA) is 95.7 Å². The molecule has 0 fully saturated rings. The smallest absolute Gasteiger partial charge is 0.276 e. The molecule has 0 radical (unpaired) electrons. The summed E-state index contributed by atoms with van der Waals surface area (Å²) >= 11 is 0. The van der Waals surface area contributed by atoms with Gasteiger partial charge in [0.2, 0.25) is 5.82 Å². The molecule has 0 aliphatic heterocycles. The Bertz CT molecular complexity index is 684. The lowest BCUT2D eigenvalue weighted by Gasteiger charge is -1.96. The molecule has 0 aliphatic rings. The highest BCUT2D eigenvalue weighted by molar-refractivity contribution is 5.52. The monoisotopic (exact) mass is 256 g/mol. The van der Waals surface area contributed by atoms with Gasteiger partial charge in [-0.25, -0.2) is 4.98 Å². The average Bonchev–Trinajstić information content (AvgIpc) is 3.07. The fraction of sp³-hybridized carbons (Fsp3) is 0.167. The van der Waals surface area contributed by atoms with E-state index in [2.05, 4.69) is 20.1 Å². The van der Waals surface area contributed by atoms with Gasteiger partial charge in [0.15, 0.2) is 5.82 Å². The van der Waals surface area contributed by atoms with E-state index in [1.807, 2.05) is 23.9 Å². The fourth-order valence-corrected chi connectivity index (χ4v) is 1.67. The van der Waals surface area contributed by atoms with Crippen molar-refractivity contribution in [2.24, 2.45) is 12.8 Å². The van der Waals surface area contributed by atoms with Gasteiger partial charge in [0.1, 0.15) is 5.69 Å². The van der Waals surface area contributed by atoms with Gasteiger partial charge < -0.3 is 14.8 Å². The van der Waals surface area contributed by atoms with E-state index in [-0.39, 0.29) is 0 Å². The third kappa shape index (κ3) is 2.11. The third-order valence-corrected chi connectivity index (χ3v) is 2.73. The molecule has 0 saturated carbocycles. The van der Waals surface area contributed by atoms with Gasteiger partial charge >= 0.3 is 0 Å². The summed E-state index contributed by atoms with van der Waals surface area (Å²) in [7, 11) is 1.87. The van der Waals surface area contributed by atoms with Crippen molar-refractivity contribution < 1.29 is 4.52 Å². The van der Waals surface area contributed by atoms with Crippen LogP contribution in [0.4, 0.5) is 0 Å². The van der Waals surface area contributed by atoms with Crippen LogP contribution < -0.4 is 5.73 Å². The lowest BCUT2D eigenvalue weighted by Crippen LogP contribution is -1.97. The molecule has 0 atom stereocenters. The second kappa shape index (κ2) is 4.62. The predicted octanol–water partition coefficient (Wildman–Crippen LogP) is 0.991. The quantitative estimate of drug-likeness (QED) is 0.750. The van der Waals surface area contributed by atoms with Crippen molar-refractivity contribution in [2.45, 2.75) is 6.54 Å². The van der Waals surface area contributed by atoms with E-state index in [1.54, 1.807) is 18.5 Å². The number of aryl methyl sites for hydroxylation is 1. The first-order chi connectivity index (χ1) is 9.28. The van der Waals surface area contributed by atoms with Crippen LogP contribution in [0.15, 0.2) is 35.2 Å². The van der Waals surface area contributed by atoms with E-state index in [0.717, 1.165) is 5.56 Å². The minimum Gasteiger partial charge on any atom is -0.332 e. The molecule has 3 aromatic heterocycles. The number of imidazole rings is 1. The van der Waals surface area contributed by atoms with Gasteiger partial charge in [0.25, 0.3) is 5.89 Å². The van der Waals surface area contributed by atoms with Gasteiger partial charge in [-0.3, -0.25) is 4.98 Å². The molecule has 19 heavy (non-hydrogen) atoms. The van der Waals surface area contributed by atoms with Gasteiger partial charge in [-0.1, -0.05) is 11.2 Å². The van der Waals surface area contributed by atoms with E-state index in [9.17, 15) is 0 Å². The zero-order chi connectivity index (χ0) is 13.2. The summed E-state index contributed by atoms with van der Waals surface area (Å²) in [4.78, 5) is 12.7. The Labute approximate surface area is 109 Å². The first-order valence-corrected chi connectivity index (χ1v) is 5.74. The van der Waals surface area contributed by atoms with Crippen molar-refractivity contribution in [3.63, 3.8) is 0 Å². The van der Waals surface area contributed by atoms with Gasteiger partial charge in [-0.05, 0) is 11.6 Å². The van der Waals surface area contributed by atoms with Crippen molar-refractivity contribution in [3.05, 3.63) is 36.3 Å². The zero-order valence-electron chi connectivity index (χ0n) is 10.3. The Hall–Kier alpha value is -2.54. The van der Waals surface area contributed by atoms with Crippen LogP contribution in [0.5, 0.6) is 0 Å². The van der Waals surface area contributed by atoms with E-state index >= 15 is 0 Å². The van der Waals surface area contributed by atoms with Crippen LogP contribution in [0.2, 0.25) is 0 Å². The van der Waals surface area contributed by atoms with Crippen LogP contribution >= 0.6 is 0 Å². The Morgan fingerprint density at radius 2 is 2.21 bits per heavy atom. The molecule has 0 unspecified atom stereocenters. The van der Waals surface area contributed by atoms with Crippen LogP contribution in [0.1, 0.15) is 5.56 Å². The molecular formula is C12H12N6O. The molecule has 3 rings (SSSR count). The van der Waals surface area contributed by atoms with Crippen molar-refractivity contribution in [1.29, 1.82) is 0 Å². The SMILES string of the molecule is Cn1ccnc1-c1noc(-c2ccc(CN)cn2)n1. The molecule has 0 aromatic carbocycles. The predicted molar refractivity (Wildman–Crippen MR) is 67.6 cm³/mol. The second-order valence-electron chi connectivity index (χ2n) is 4.04. The Kier molecular flexibility index (Phi) is 2.81. The molecule has 0 bridgehead atoms. The summed E-state index contributed by atoms with van der Waals surface area (Å²) in [5.41, 5.74) is 7.09. The Morgan fingerprint density at radius 3 is 2.84 bits per heavy atom. The van der Waals surface area contributed by atoms with E-state index < -0.39 is 0 Å². The Balaban J connectivity index is 1.94. The molecule has 7 nitrogen and oxygen atoms in total. The first kappa shape index (κ1) is 11.5. The number of rotatable bonds is 3. The van der Waals surface area contributed by atoms with Crippen LogP contribution in [-0.4, -0.2) is 24.7 Å². The molecule has 3 heterocycles.